The van der Waals surface area contributed by atoms with Gasteiger partial charge in [0.15, 0.2) is 0 Å². The molecule has 1 atom stereocenters. The van der Waals surface area contributed by atoms with Gasteiger partial charge in [0.05, 0.1) is 6.33 Å². The Kier molecular flexibility index (Phi) is 4.75. The highest BCUT2D eigenvalue weighted by molar-refractivity contribution is 5.76. The maximum absolute atomic E-state index is 12.2. The molecule has 1 aromatic rings. The smallest absolute Gasteiger partial charge is 0.224 e. The van der Waals surface area contributed by atoms with Gasteiger partial charge in [0.25, 0.3) is 0 Å². The van der Waals surface area contributed by atoms with Crippen molar-refractivity contribution in [3.63, 3.8) is 0 Å². The van der Waals surface area contributed by atoms with Crippen LogP contribution in [0.1, 0.15) is 26.2 Å². The van der Waals surface area contributed by atoms with Crippen LogP contribution in [0.2, 0.25) is 0 Å². The molecule has 0 aliphatic carbocycles. The molecule has 2 heterocycles. The van der Waals surface area contributed by atoms with Gasteiger partial charge in [-0.05, 0) is 26.3 Å². The van der Waals surface area contributed by atoms with Crippen LogP contribution in [0.4, 0.5) is 0 Å². The zero-order chi connectivity index (χ0) is 12.8. The monoisotopic (exact) mass is 250 g/mol. The molecule has 1 saturated heterocycles. The van der Waals surface area contributed by atoms with Gasteiger partial charge in [-0.1, -0.05) is 0 Å². The molecule has 1 N–H and O–H groups in total. The van der Waals surface area contributed by atoms with Crippen LogP contribution in [-0.2, 0) is 11.3 Å². The van der Waals surface area contributed by atoms with E-state index >= 15 is 0 Å². The molecule has 100 valence electrons. The van der Waals surface area contributed by atoms with Crippen LogP contribution in [0, 0.1) is 0 Å². The fraction of sp³-hybridized carbons (Fsp3) is 0.692. The second kappa shape index (κ2) is 6.54. The molecule has 2 rings (SSSR count). The van der Waals surface area contributed by atoms with Gasteiger partial charge < -0.3 is 14.8 Å². The van der Waals surface area contributed by atoms with Crippen molar-refractivity contribution in [2.75, 3.05) is 19.6 Å². The van der Waals surface area contributed by atoms with E-state index < -0.39 is 0 Å². The van der Waals surface area contributed by atoms with E-state index in [2.05, 4.69) is 17.2 Å². The highest BCUT2D eigenvalue weighted by Crippen LogP contribution is 2.11. The van der Waals surface area contributed by atoms with Crippen molar-refractivity contribution in [2.45, 2.75) is 38.8 Å². The SMILES string of the molecule is CCN(C(=O)CCn1ccnc1)C1CCCNC1. The lowest BCUT2D eigenvalue weighted by molar-refractivity contribution is -0.133. The van der Waals surface area contributed by atoms with E-state index in [1.165, 1.54) is 0 Å². The summed E-state index contributed by atoms with van der Waals surface area (Å²) in [7, 11) is 0. The first-order chi connectivity index (χ1) is 8.81. The van der Waals surface area contributed by atoms with Crippen LogP contribution in [0.25, 0.3) is 0 Å². The topological polar surface area (TPSA) is 50.2 Å². The first kappa shape index (κ1) is 13.1. The van der Waals surface area contributed by atoms with Crippen molar-refractivity contribution >= 4 is 5.91 Å². The normalized spacial score (nSPS) is 19.7. The Labute approximate surface area is 108 Å². The van der Waals surface area contributed by atoms with Gasteiger partial charge in [0.2, 0.25) is 5.91 Å². The lowest BCUT2D eigenvalue weighted by atomic mass is 10.1. The van der Waals surface area contributed by atoms with Gasteiger partial charge >= 0.3 is 0 Å². The maximum atomic E-state index is 12.2. The summed E-state index contributed by atoms with van der Waals surface area (Å²) in [6.07, 6.45) is 8.24. The molecule has 1 unspecified atom stereocenters. The van der Waals surface area contributed by atoms with E-state index in [0.29, 0.717) is 12.5 Å². The van der Waals surface area contributed by atoms with Crippen molar-refractivity contribution in [3.05, 3.63) is 18.7 Å². The van der Waals surface area contributed by atoms with Gasteiger partial charge in [0.1, 0.15) is 0 Å². The van der Waals surface area contributed by atoms with Crippen LogP contribution in [0.5, 0.6) is 0 Å². The third-order valence-corrected chi connectivity index (χ3v) is 3.52. The molecule has 1 amide bonds. The third kappa shape index (κ3) is 3.32. The summed E-state index contributed by atoms with van der Waals surface area (Å²) < 4.78 is 1.95. The minimum atomic E-state index is 0.250. The number of hydrogen-bond donors (Lipinski definition) is 1. The number of imidazole rings is 1. The summed E-state index contributed by atoms with van der Waals surface area (Å²) in [5.74, 6) is 0.250. The van der Waals surface area contributed by atoms with E-state index in [1.807, 2.05) is 15.7 Å². The molecule has 5 heteroatoms. The van der Waals surface area contributed by atoms with Gasteiger partial charge in [-0.3, -0.25) is 4.79 Å². The largest absolute Gasteiger partial charge is 0.339 e. The summed E-state index contributed by atoms with van der Waals surface area (Å²) >= 11 is 0. The van der Waals surface area contributed by atoms with Crippen LogP contribution in [0.15, 0.2) is 18.7 Å². The van der Waals surface area contributed by atoms with Gasteiger partial charge in [-0.15, -0.1) is 0 Å². The number of rotatable bonds is 5. The Morgan fingerprint density at radius 2 is 2.50 bits per heavy atom. The van der Waals surface area contributed by atoms with Gasteiger partial charge in [-0.2, -0.15) is 0 Å². The van der Waals surface area contributed by atoms with Crippen LogP contribution >= 0.6 is 0 Å². The number of amides is 1. The van der Waals surface area contributed by atoms with Crippen molar-refractivity contribution in [2.24, 2.45) is 0 Å². The van der Waals surface area contributed by atoms with Crippen molar-refractivity contribution < 1.29 is 4.79 Å². The summed E-state index contributed by atoms with van der Waals surface area (Å²) in [5.41, 5.74) is 0. The second-order valence-corrected chi connectivity index (χ2v) is 4.73. The highest BCUT2D eigenvalue weighted by Gasteiger charge is 2.23. The fourth-order valence-electron chi connectivity index (χ4n) is 2.52. The van der Waals surface area contributed by atoms with Gasteiger partial charge in [-0.25, -0.2) is 4.98 Å². The standard InChI is InChI=1S/C13H22N4O/c1-2-17(12-4-3-6-14-10-12)13(18)5-8-16-9-7-15-11-16/h7,9,11-12,14H,2-6,8,10H2,1H3. The van der Waals surface area contributed by atoms with Crippen molar-refractivity contribution in [1.82, 2.24) is 19.8 Å². The van der Waals surface area contributed by atoms with E-state index in [9.17, 15) is 4.79 Å². The molecule has 1 aromatic heterocycles. The molecule has 5 nitrogen and oxygen atoms in total. The minimum absolute atomic E-state index is 0.250. The number of aryl methyl sites for hydroxylation is 1. The average molecular weight is 250 g/mol. The maximum Gasteiger partial charge on any atom is 0.224 e. The minimum Gasteiger partial charge on any atom is -0.339 e. The average Bonchev–Trinajstić information content (AvgIpc) is 2.92. The van der Waals surface area contributed by atoms with Crippen LogP contribution in [-0.4, -0.2) is 46.0 Å². The third-order valence-electron chi connectivity index (χ3n) is 3.52. The number of hydrogen-bond acceptors (Lipinski definition) is 3. The highest BCUT2D eigenvalue weighted by atomic mass is 16.2. The van der Waals surface area contributed by atoms with E-state index in [0.717, 1.165) is 39.0 Å². The van der Waals surface area contributed by atoms with E-state index in [1.54, 1.807) is 12.5 Å². The first-order valence-electron chi connectivity index (χ1n) is 6.77. The quantitative estimate of drug-likeness (QED) is 0.844. The van der Waals surface area contributed by atoms with Crippen molar-refractivity contribution in [1.29, 1.82) is 0 Å². The lowest BCUT2D eigenvalue weighted by Gasteiger charge is -2.34. The summed E-state index contributed by atoms with van der Waals surface area (Å²) in [4.78, 5) is 18.2. The number of likely N-dealkylation sites (N-methyl/N-ethyl adjacent to an activating group) is 1. The summed E-state index contributed by atoms with van der Waals surface area (Å²) in [6, 6.07) is 0.374. The molecule has 0 radical (unpaired) electrons. The number of nitrogens with one attached hydrogen (secondary N) is 1. The molecular weight excluding hydrogens is 228 g/mol. The molecule has 1 aliphatic heterocycles. The first-order valence-corrected chi connectivity index (χ1v) is 6.77. The molecule has 0 bridgehead atoms. The molecule has 0 spiro atoms. The van der Waals surface area contributed by atoms with Gasteiger partial charge in [0, 0.05) is 44.5 Å². The number of piperidine rings is 1. The fourth-order valence-corrected chi connectivity index (χ4v) is 2.52. The molecule has 1 fully saturated rings. The zero-order valence-electron chi connectivity index (χ0n) is 11.0. The van der Waals surface area contributed by atoms with E-state index in [-0.39, 0.29) is 5.91 Å². The number of nitrogens with zero attached hydrogens (tertiary/aromatic N) is 3. The number of carbonyl (C=O) groups is 1. The Morgan fingerprint density at radius 1 is 1.61 bits per heavy atom. The van der Waals surface area contributed by atoms with E-state index in [4.69, 9.17) is 0 Å². The lowest BCUT2D eigenvalue weighted by Crippen LogP contribution is -2.48. The Balaban J connectivity index is 1.84. The second-order valence-electron chi connectivity index (χ2n) is 4.73. The molecule has 0 aromatic carbocycles. The predicted octanol–water partition coefficient (Wildman–Crippen LogP) is 0.874. The van der Waals surface area contributed by atoms with Crippen molar-refractivity contribution in [3.8, 4) is 0 Å². The summed E-state index contributed by atoms with van der Waals surface area (Å²) in [6.45, 7) is 5.59. The molecule has 1 aliphatic rings. The van der Waals surface area contributed by atoms with Crippen LogP contribution in [0.3, 0.4) is 0 Å². The molecular formula is C13H22N4O. The number of aromatic nitrogens is 2. The number of carbonyl (C=O) groups excluding carboxylic acids is 1. The Hall–Kier alpha value is -1.36. The zero-order valence-corrected chi connectivity index (χ0v) is 11.0. The predicted molar refractivity (Wildman–Crippen MR) is 70.1 cm³/mol. The summed E-state index contributed by atoms with van der Waals surface area (Å²) in [5, 5.41) is 3.37. The Bertz CT molecular complexity index is 357. The van der Waals surface area contributed by atoms with Crippen LogP contribution < -0.4 is 5.32 Å². The molecule has 0 saturated carbocycles. The Morgan fingerprint density at radius 3 is 3.11 bits per heavy atom. The molecule has 18 heavy (non-hydrogen) atoms.